The van der Waals surface area contributed by atoms with Crippen LogP contribution in [0.25, 0.3) is 0 Å². The molecule has 0 aromatic heterocycles. The number of hydrogen-bond donors (Lipinski definition) is 0. The first kappa shape index (κ1) is 14.5. The van der Waals surface area contributed by atoms with Gasteiger partial charge < -0.3 is 0 Å². The van der Waals surface area contributed by atoms with E-state index in [2.05, 4.69) is 17.3 Å². The van der Waals surface area contributed by atoms with E-state index in [4.69, 9.17) is 0 Å². The van der Waals surface area contributed by atoms with Crippen LogP contribution in [-0.4, -0.2) is 28.0 Å². The predicted octanol–water partition coefficient (Wildman–Crippen LogP) is 1.98. The van der Waals surface area contributed by atoms with Gasteiger partial charge in [-0.2, -0.15) is 10.1 Å². The van der Waals surface area contributed by atoms with Crippen LogP contribution < -0.4 is 0 Å². The Hall–Kier alpha value is -2.83. The van der Waals surface area contributed by atoms with Gasteiger partial charge in [0, 0.05) is 12.1 Å². The van der Waals surface area contributed by atoms with E-state index in [1.807, 2.05) is 0 Å². The molecule has 1 saturated heterocycles. The normalized spacial score (nSPS) is 37.5. The summed E-state index contributed by atoms with van der Waals surface area (Å²) in [4.78, 5) is 35.7. The summed E-state index contributed by atoms with van der Waals surface area (Å²) in [7, 11) is 0. The fourth-order valence-corrected chi connectivity index (χ4v) is 4.86. The van der Waals surface area contributed by atoms with Gasteiger partial charge >= 0.3 is 0 Å². The SMILES string of the molecule is O=C1[C@H]2[C@@H]3C=C[C@H]([C@H]4C[C@H]34)[C@@H]2C(=O)N1/N=C\c1ccc([N+](=O)[O-])cc1. The van der Waals surface area contributed by atoms with Crippen LogP contribution in [0.15, 0.2) is 41.5 Å². The number of hydrogen-bond acceptors (Lipinski definition) is 5. The van der Waals surface area contributed by atoms with Crippen LogP contribution in [0.5, 0.6) is 0 Å². The number of nitro groups is 1. The number of allylic oxidation sites excluding steroid dienone is 2. The highest BCUT2D eigenvalue weighted by Crippen LogP contribution is 2.65. The molecule has 1 aliphatic heterocycles. The first-order chi connectivity index (χ1) is 12.1. The molecule has 0 N–H and O–H groups in total. The first-order valence-corrected chi connectivity index (χ1v) is 8.41. The number of nitrogens with zero attached hydrogens (tertiary/aromatic N) is 3. The van der Waals surface area contributed by atoms with Crippen molar-refractivity contribution in [2.24, 2.45) is 40.6 Å². The van der Waals surface area contributed by atoms with Crippen molar-refractivity contribution in [2.75, 3.05) is 0 Å². The predicted molar refractivity (Wildman–Crippen MR) is 87.2 cm³/mol. The summed E-state index contributed by atoms with van der Waals surface area (Å²) in [5.74, 6) is 0.529. The Morgan fingerprint density at radius 2 is 1.60 bits per heavy atom. The molecule has 3 fully saturated rings. The van der Waals surface area contributed by atoms with Crippen LogP contribution in [0.3, 0.4) is 0 Å². The molecule has 1 aromatic rings. The molecule has 2 bridgehead atoms. The Labute approximate surface area is 143 Å². The van der Waals surface area contributed by atoms with Gasteiger partial charge in [-0.25, -0.2) is 0 Å². The summed E-state index contributed by atoms with van der Waals surface area (Å²) in [6, 6.07) is 5.82. The lowest BCUT2D eigenvalue weighted by Crippen LogP contribution is -2.40. The third-order valence-electron chi connectivity index (χ3n) is 6.07. The van der Waals surface area contributed by atoms with E-state index in [1.165, 1.54) is 18.3 Å². The molecule has 126 valence electrons. The minimum absolute atomic E-state index is 0.0154. The van der Waals surface area contributed by atoms with Crippen LogP contribution >= 0.6 is 0 Å². The molecule has 2 saturated carbocycles. The highest BCUT2D eigenvalue weighted by molar-refractivity contribution is 6.06. The van der Waals surface area contributed by atoms with Gasteiger partial charge in [-0.3, -0.25) is 19.7 Å². The molecule has 0 unspecified atom stereocenters. The van der Waals surface area contributed by atoms with E-state index in [-0.39, 0.29) is 41.2 Å². The van der Waals surface area contributed by atoms with Gasteiger partial charge in [-0.1, -0.05) is 12.2 Å². The molecule has 6 rings (SSSR count). The number of carbonyl (C=O) groups excluding carboxylic acids is 2. The maximum absolute atomic E-state index is 12.7. The van der Waals surface area contributed by atoms with Crippen molar-refractivity contribution in [3.8, 4) is 0 Å². The molecule has 6 atom stereocenters. The number of hydrazone groups is 1. The van der Waals surface area contributed by atoms with Gasteiger partial charge in [-0.15, -0.1) is 0 Å². The summed E-state index contributed by atoms with van der Waals surface area (Å²) in [5, 5.41) is 15.8. The van der Waals surface area contributed by atoms with Crippen LogP contribution in [0, 0.1) is 45.6 Å². The molecule has 5 aliphatic rings. The molecule has 2 amide bonds. The van der Waals surface area contributed by atoms with Crippen LogP contribution in [0.1, 0.15) is 12.0 Å². The van der Waals surface area contributed by atoms with Gasteiger partial charge in [0.15, 0.2) is 0 Å². The summed E-state index contributed by atoms with van der Waals surface area (Å²) in [5.41, 5.74) is 0.586. The Kier molecular flexibility index (Phi) is 2.81. The zero-order valence-electron chi connectivity index (χ0n) is 13.2. The zero-order valence-corrected chi connectivity index (χ0v) is 13.2. The second-order valence-corrected chi connectivity index (χ2v) is 7.24. The van der Waals surface area contributed by atoms with E-state index in [9.17, 15) is 19.7 Å². The smallest absolute Gasteiger partial charge is 0.269 e. The lowest BCUT2D eigenvalue weighted by Gasteiger charge is -2.37. The first-order valence-electron chi connectivity index (χ1n) is 8.41. The maximum Gasteiger partial charge on any atom is 0.269 e. The van der Waals surface area contributed by atoms with Gasteiger partial charge in [0.1, 0.15) is 0 Å². The number of non-ortho nitro benzene ring substituents is 1. The second-order valence-electron chi connectivity index (χ2n) is 7.24. The molecule has 0 radical (unpaired) electrons. The molecule has 1 heterocycles. The van der Waals surface area contributed by atoms with Gasteiger partial charge in [0.25, 0.3) is 17.5 Å². The third-order valence-corrected chi connectivity index (χ3v) is 6.07. The van der Waals surface area contributed by atoms with Crippen LogP contribution in [0.4, 0.5) is 5.69 Å². The average Bonchev–Trinajstić information content (AvgIpc) is 3.39. The Bertz CT molecular complexity index is 824. The monoisotopic (exact) mass is 337 g/mol. The summed E-state index contributed by atoms with van der Waals surface area (Å²) in [6.07, 6.45) is 6.78. The van der Waals surface area contributed by atoms with Crippen molar-refractivity contribution in [2.45, 2.75) is 6.42 Å². The van der Waals surface area contributed by atoms with E-state index in [0.717, 1.165) is 11.4 Å². The molecule has 7 nitrogen and oxygen atoms in total. The number of carbonyl (C=O) groups is 2. The minimum Gasteiger partial charge on any atom is -0.272 e. The number of benzene rings is 1. The van der Waals surface area contributed by atoms with E-state index >= 15 is 0 Å². The number of nitro benzene ring substituents is 1. The molecule has 1 aromatic carbocycles. The highest BCUT2D eigenvalue weighted by Gasteiger charge is 2.67. The minimum atomic E-state index is -0.479. The highest BCUT2D eigenvalue weighted by atomic mass is 16.6. The summed E-state index contributed by atoms with van der Waals surface area (Å²) >= 11 is 0. The number of rotatable bonds is 3. The topological polar surface area (TPSA) is 92.9 Å². The van der Waals surface area contributed by atoms with Gasteiger partial charge in [0.05, 0.1) is 23.0 Å². The Morgan fingerprint density at radius 3 is 2.12 bits per heavy atom. The van der Waals surface area contributed by atoms with E-state index in [1.54, 1.807) is 12.1 Å². The van der Waals surface area contributed by atoms with Crippen molar-refractivity contribution in [3.05, 3.63) is 52.1 Å². The quantitative estimate of drug-likeness (QED) is 0.277. The van der Waals surface area contributed by atoms with Crippen molar-refractivity contribution in [1.82, 2.24) is 5.01 Å². The lowest BCUT2D eigenvalue weighted by molar-refractivity contribution is -0.384. The second kappa shape index (κ2) is 4.84. The molecule has 7 heteroatoms. The fraction of sp³-hybridized carbons (Fsp3) is 0.389. The summed E-state index contributed by atoms with van der Waals surface area (Å²) < 4.78 is 0. The fourth-order valence-electron chi connectivity index (χ4n) is 4.86. The molecular formula is C18H15N3O4. The molecule has 0 spiro atoms. The van der Waals surface area contributed by atoms with Crippen molar-refractivity contribution in [1.29, 1.82) is 0 Å². The lowest BCUT2D eigenvalue weighted by atomic mass is 9.63. The average molecular weight is 337 g/mol. The van der Waals surface area contributed by atoms with Crippen LogP contribution in [0.2, 0.25) is 0 Å². The summed E-state index contributed by atoms with van der Waals surface area (Å²) in [6.45, 7) is 0. The number of imide groups is 1. The van der Waals surface area contributed by atoms with Crippen LogP contribution in [-0.2, 0) is 9.59 Å². The van der Waals surface area contributed by atoms with Crippen molar-refractivity contribution < 1.29 is 14.5 Å². The largest absolute Gasteiger partial charge is 0.272 e. The van der Waals surface area contributed by atoms with Crippen molar-refractivity contribution >= 4 is 23.7 Å². The third kappa shape index (κ3) is 1.95. The van der Waals surface area contributed by atoms with E-state index in [0.29, 0.717) is 17.4 Å². The Morgan fingerprint density at radius 1 is 1.04 bits per heavy atom. The van der Waals surface area contributed by atoms with Crippen molar-refractivity contribution in [3.63, 3.8) is 0 Å². The Balaban J connectivity index is 1.39. The molecule has 4 aliphatic carbocycles. The number of amides is 2. The molecular weight excluding hydrogens is 322 g/mol. The zero-order chi connectivity index (χ0) is 17.3. The van der Waals surface area contributed by atoms with Gasteiger partial charge in [-0.05, 0) is 47.8 Å². The van der Waals surface area contributed by atoms with E-state index < -0.39 is 4.92 Å². The maximum atomic E-state index is 12.7. The standard InChI is InChI=1S/C18H15N3O4/c22-17-15-11-5-6-12(14-7-13(11)14)16(15)18(23)20(17)19-8-9-1-3-10(4-2-9)21(24)25/h1-6,8,11-16H,7H2/b19-8-/t11-,12-,13-,14-,15+,16+/m1/s1. The molecule has 25 heavy (non-hydrogen) atoms. The van der Waals surface area contributed by atoms with Gasteiger partial charge in [0.2, 0.25) is 0 Å².